The third kappa shape index (κ3) is 3.00. The maximum atomic E-state index is 13.3. The van der Waals surface area contributed by atoms with Crippen molar-refractivity contribution in [2.75, 3.05) is 18.0 Å². The molecule has 0 radical (unpaired) electrons. The molecule has 2 rings (SSSR count). The summed E-state index contributed by atoms with van der Waals surface area (Å²) in [6.45, 7) is 5.19. The van der Waals surface area contributed by atoms with Crippen molar-refractivity contribution in [2.45, 2.75) is 32.1 Å². The minimum Gasteiger partial charge on any atom is -0.366 e. The van der Waals surface area contributed by atoms with Crippen LogP contribution in [0.5, 0.6) is 0 Å². The molecule has 1 aliphatic heterocycles. The number of alkyl halides is 3. The highest BCUT2D eigenvalue weighted by Gasteiger charge is 2.35. The van der Waals surface area contributed by atoms with E-state index in [4.69, 9.17) is 0 Å². The molecule has 1 fully saturated rings. The number of piperazine rings is 1. The largest absolute Gasteiger partial charge is 0.419 e. The van der Waals surface area contributed by atoms with E-state index in [-0.39, 0.29) is 12.1 Å². The van der Waals surface area contributed by atoms with Gasteiger partial charge in [-0.25, -0.2) is 4.39 Å². The number of nitrogens with one attached hydrogen (secondary N) is 1. The van der Waals surface area contributed by atoms with Crippen molar-refractivity contribution in [1.82, 2.24) is 5.32 Å². The third-order valence-electron chi connectivity index (χ3n) is 3.35. The highest BCUT2D eigenvalue weighted by molar-refractivity contribution is 5.51. The van der Waals surface area contributed by atoms with E-state index in [2.05, 4.69) is 5.32 Å². The minimum atomic E-state index is -4.66. The Labute approximate surface area is 109 Å². The Bertz CT molecular complexity index is 458. The van der Waals surface area contributed by atoms with Crippen LogP contribution in [0.2, 0.25) is 0 Å². The van der Waals surface area contributed by atoms with Gasteiger partial charge in [-0.2, -0.15) is 13.2 Å². The quantitative estimate of drug-likeness (QED) is 0.793. The molecule has 1 aromatic rings. The second-order valence-corrected chi connectivity index (χ2v) is 4.97. The molecule has 2 unspecified atom stereocenters. The first kappa shape index (κ1) is 14.1. The van der Waals surface area contributed by atoms with Crippen molar-refractivity contribution in [3.63, 3.8) is 0 Å². The summed E-state index contributed by atoms with van der Waals surface area (Å²) in [6.07, 6.45) is -4.66. The lowest BCUT2D eigenvalue weighted by Crippen LogP contribution is -2.54. The van der Waals surface area contributed by atoms with Crippen LogP contribution in [0.1, 0.15) is 19.4 Å². The highest BCUT2D eigenvalue weighted by Crippen LogP contribution is 2.34. The summed E-state index contributed by atoms with van der Waals surface area (Å²) in [6, 6.07) is 3.44. The zero-order chi connectivity index (χ0) is 14.2. The maximum Gasteiger partial charge on any atom is 0.419 e. The molecule has 0 aliphatic carbocycles. The van der Waals surface area contributed by atoms with Crippen molar-refractivity contribution >= 4 is 5.69 Å². The average Bonchev–Trinajstić information content (AvgIpc) is 2.31. The Hall–Kier alpha value is -1.30. The van der Waals surface area contributed by atoms with Crippen LogP contribution < -0.4 is 10.2 Å². The van der Waals surface area contributed by atoms with Gasteiger partial charge in [0.15, 0.2) is 0 Å². The predicted molar refractivity (Wildman–Crippen MR) is 65.7 cm³/mol. The fourth-order valence-electron chi connectivity index (χ4n) is 2.29. The molecule has 2 nitrogen and oxygen atoms in total. The van der Waals surface area contributed by atoms with Gasteiger partial charge in [0.1, 0.15) is 5.82 Å². The molecule has 1 saturated heterocycles. The van der Waals surface area contributed by atoms with E-state index in [1.165, 1.54) is 6.07 Å². The van der Waals surface area contributed by atoms with Crippen LogP contribution in [0.3, 0.4) is 0 Å². The molecule has 106 valence electrons. The van der Waals surface area contributed by atoms with Crippen LogP contribution in [-0.4, -0.2) is 25.2 Å². The van der Waals surface area contributed by atoms with Crippen molar-refractivity contribution in [1.29, 1.82) is 0 Å². The van der Waals surface area contributed by atoms with E-state index in [0.29, 0.717) is 18.8 Å². The van der Waals surface area contributed by atoms with Crippen molar-refractivity contribution < 1.29 is 17.6 Å². The molecule has 2 atom stereocenters. The topological polar surface area (TPSA) is 15.3 Å². The number of rotatable bonds is 1. The van der Waals surface area contributed by atoms with Gasteiger partial charge >= 0.3 is 6.18 Å². The first-order chi connectivity index (χ1) is 8.79. The summed E-state index contributed by atoms with van der Waals surface area (Å²) >= 11 is 0. The fourth-order valence-corrected chi connectivity index (χ4v) is 2.29. The van der Waals surface area contributed by atoms with E-state index in [1.54, 1.807) is 0 Å². The van der Waals surface area contributed by atoms with E-state index in [0.717, 1.165) is 12.1 Å². The molecule has 1 heterocycles. The Kier molecular flexibility index (Phi) is 3.71. The number of anilines is 1. The van der Waals surface area contributed by atoms with Gasteiger partial charge in [-0.3, -0.25) is 0 Å². The molecule has 0 spiro atoms. The van der Waals surface area contributed by atoms with Crippen molar-refractivity contribution in [3.8, 4) is 0 Å². The normalized spacial score (nSPS) is 24.6. The number of hydrogen-bond acceptors (Lipinski definition) is 2. The molecule has 0 bridgehead atoms. The first-order valence-electron chi connectivity index (χ1n) is 6.16. The minimum absolute atomic E-state index is 0.0720. The smallest absolute Gasteiger partial charge is 0.366 e. The van der Waals surface area contributed by atoms with Crippen LogP contribution in [0.25, 0.3) is 0 Å². The third-order valence-corrected chi connectivity index (χ3v) is 3.35. The molecule has 1 aromatic carbocycles. The molecule has 19 heavy (non-hydrogen) atoms. The van der Waals surface area contributed by atoms with Crippen LogP contribution in [0, 0.1) is 5.82 Å². The van der Waals surface area contributed by atoms with Gasteiger partial charge in [0.05, 0.1) is 5.56 Å². The van der Waals surface area contributed by atoms with Gasteiger partial charge in [0, 0.05) is 30.9 Å². The Balaban J connectivity index is 2.35. The number of nitrogens with zero attached hydrogens (tertiary/aromatic N) is 1. The summed E-state index contributed by atoms with van der Waals surface area (Å²) < 4.78 is 51.4. The van der Waals surface area contributed by atoms with E-state index in [1.807, 2.05) is 18.7 Å². The number of benzene rings is 1. The van der Waals surface area contributed by atoms with Crippen molar-refractivity contribution in [2.24, 2.45) is 0 Å². The van der Waals surface area contributed by atoms with Crippen LogP contribution in [0.4, 0.5) is 23.2 Å². The molecule has 1 aliphatic rings. The Morgan fingerprint density at radius 3 is 2.58 bits per heavy atom. The molecule has 0 saturated carbocycles. The van der Waals surface area contributed by atoms with E-state index < -0.39 is 17.6 Å². The second kappa shape index (κ2) is 5.00. The van der Waals surface area contributed by atoms with Gasteiger partial charge in [-0.15, -0.1) is 0 Å². The Morgan fingerprint density at radius 1 is 1.26 bits per heavy atom. The lowest BCUT2D eigenvalue weighted by atomic mass is 10.1. The lowest BCUT2D eigenvalue weighted by Gasteiger charge is -2.39. The summed E-state index contributed by atoms with van der Waals surface area (Å²) in [5.41, 5.74) is -0.794. The summed E-state index contributed by atoms with van der Waals surface area (Å²) in [5, 5.41) is 3.25. The average molecular weight is 276 g/mol. The van der Waals surface area contributed by atoms with Crippen LogP contribution in [-0.2, 0) is 6.18 Å². The molecule has 0 aromatic heterocycles. The molecule has 0 amide bonds. The molecular weight excluding hydrogens is 260 g/mol. The molecular formula is C13H16F4N2. The van der Waals surface area contributed by atoms with E-state index >= 15 is 0 Å². The second-order valence-electron chi connectivity index (χ2n) is 4.97. The van der Waals surface area contributed by atoms with Gasteiger partial charge in [-0.05, 0) is 32.0 Å². The van der Waals surface area contributed by atoms with Gasteiger partial charge in [0.2, 0.25) is 0 Å². The number of halogens is 4. The van der Waals surface area contributed by atoms with Gasteiger partial charge in [0.25, 0.3) is 0 Å². The summed E-state index contributed by atoms with van der Waals surface area (Å²) in [7, 11) is 0. The SMILES string of the molecule is CC1CN(c2ccc(F)c(C(F)(F)F)c2)C(C)CN1. The monoisotopic (exact) mass is 276 g/mol. The highest BCUT2D eigenvalue weighted by atomic mass is 19.4. The zero-order valence-corrected chi connectivity index (χ0v) is 10.8. The summed E-state index contributed by atoms with van der Waals surface area (Å²) in [5.74, 6) is -1.23. The maximum absolute atomic E-state index is 13.3. The lowest BCUT2D eigenvalue weighted by molar-refractivity contribution is -0.139. The van der Waals surface area contributed by atoms with Crippen LogP contribution >= 0.6 is 0 Å². The van der Waals surface area contributed by atoms with E-state index in [9.17, 15) is 17.6 Å². The van der Waals surface area contributed by atoms with Crippen LogP contribution in [0.15, 0.2) is 18.2 Å². The summed E-state index contributed by atoms with van der Waals surface area (Å²) in [4.78, 5) is 1.87. The molecule has 6 heteroatoms. The zero-order valence-electron chi connectivity index (χ0n) is 10.8. The Morgan fingerprint density at radius 2 is 1.95 bits per heavy atom. The number of hydrogen-bond donors (Lipinski definition) is 1. The van der Waals surface area contributed by atoms with Crippen molar-refractivity contribution in [3.05, 3.63) is 29.6 Å². The van der Waals surface area contributed by atoms with Gasteiger partial charge < -0.3 is 10.2 Å². The molecule has 1 N–H and O–H groups in total. The first-order valence-corrected chi connectivity index (χ1v) is 6.16. The predicted octanol–water partition coefficient (Wildman–Crippen LogP) is 3.03. The standard InChI is InChI=1S/C13H16F4N2/c1-8-7-19(9(2)6-18-8)10-3-4-12(14)11(5-10)13(15,16)17/h3-5,8-9,18H,6-7H2,1-2H3. The van der Waals surface area contributed by atoms with Gasteiger partial charge in [-0.1, -0.05) is 0 Å². The fraction of sp³-hybridized carbons (Fsp3) is 0.538.